The van der Waals surface area contributed by atoms with Gasteiger partial charge in [0.1, 0.15) is 18.2 Å². The van der Waals surface area contributed by atoms with Crippen molar-refractivity contribution in [3.05, 3.63) is 35.5 Å². The molecule has 0 fully saturated rings. The molecule has 0 aliphatic carbocycles. The highest BCUT2D eigenvalue weighted by atomic mass is 35.6. The number of anilines is 1. The first-order valence-electron chi connectivity index (χ1n) is 12.5. The number of carbonyl (C=O) groups is 1. The van der Waals surface area contributed by atoms with E-state index in [0.29, 0.717) is 39.4 Å². The Bertz CT molecular complexity index is 1050. The summed E-state index contributed by atoms with van der Waals surface area (Å²) in [5.41, 5.74) is 2.91. The molecule has 0 saturated carbocycles. The van der Waals surface area contributed by atoms with Gasteiger partial charge < -0.3 is 14.3 Å². The molecule has 0 aliphatic rings. The number of alkyl halides is 3. The summed E-state index contributed by atoms with van der Waals surface area (Å²) in [6, 6.07) is 7.34. The molecule has 0 spiro atoms. The van der Waals surface area contributed by atoms with E-state index in [4.69, 9.17) is 49.1 Å². The lowest BCUT2D eigenvalue weighted by molar-refractivity contribution is 0.163. The van der Waals surface area contributed by atoms with Crippen LogP contribution in [0.25, 0.3) is 5.69 Å². The van der Waals surface area contributed by atoms with E-state index < -0.39 is 24.8 Å². The maximum Gasteiger partial charge on any atom is 0.412 e. The fraction of sp³-hybridized carbons (Fsp3) is 0.615. The Hall–Kier alpha value is -1.45. The third kappa shape index (κ3) is 7.79. The molecule has 7 nitrogen and oxygen atoms in total. The molecule has 11 heteroatoms. The standard InChI is InChI=1S/C26H40Cl3N3O4Si/c1-16(2)37(17(3)4,18(5)6)36-21-11-10-20(12-19(21)14-33)32-23(13-22(31-32)25(7,8)9)30-24(34)35-15-26(27,28)29/h10-13,16-18,33H,14-15H2,1-9H3,(H,30,34). The smallest absolute Gasteiger partial charge is 0.412 e. The van der Waals surface area contributed by atoms with Crippen LogP contribution in [0.2, 0.25) is 16.6 Å². The van der Waals surface area contributed by atoms with E-state index in [1.807, 2.05) is 39.0 Å². The van der Waals surface area contributed by atoms with Crippen LogP contribution in [0, 0.1) is 0 Å². The summed E-state index contributed by atoms with van der Waals surface area (Å²) in [5, 5.41) is 17.7. The lowest BCUT2D eigenvalue weighted by Gasteiger charge is -2.42. The number of halogens is 3. The average molecular weight is 593 g/mol. The topological polar surface area (TPSA) is 85.6 Å². The van der Waals surface area contributed by atoms with Crippen molar-refractivity contribution in [1.82, 2.24) is 9.78 Å². The van der Waals surface area contributed by atoms with Crippen LogP contribution in [0.3, 0.4) is 0 Å². The molecule has 1 aromatic carbocycles. The van der Waals surface area contributed by atoms with E-state index in [0.717, 1.165) is 5.69 Å². The Kier molecular flexibility index (Phi) is 10.4. The van der Waals surface area contributed by atoms with E-state index in [-0.39, 0.29) is 12.0 Å². The Morgan fingerprint density at radius 3 is 2.08 bits per heavy atom. The molecule has 0 bridgehead atoms. The van der Waals surface area contributed by atoms with Crippen molar-refractivity contribution in [2.24, 2.45) is 0 Å². The quantitative estimate of drug-likeness (QED) is 0.227. The molecule has 1 aromatic heterocycles. The number of ether oxygens (including phenoxy) is 1. The molecular formula is C26H40Cl3N3O4Si. The minimum atomic E-state index is -2.23. The number of hydrogen-bond donors (Lipinski definition) is 2. The van der Waals surface area contributed by atoms with Crippen molar-refractivity contribution >= 4 is 55.0 Å². The third-order valence-corrected chi connectivity index (χ3v) is 12.8. The van der Waals surface area contributed by atoms with Gasteiger partial charge in [0, 0.05) is 17.0 Å². The van der Waals surface area contributed by atoms with Gasteiger partial charge in [0.25, 0.3) is 8.32 Å². The van der Waals surface area contributed by atoms with Crippen molar-refractivity contribution in [1.29, 1.82) is 0 Å². The van der Waals surface area contributed by atoms with Crippen LogP contribution in [0.4, 0.5) is 10.6 Å². The number of aliphatic hydroxyl groups excluding tert-OH is 1. The summed E-state index contributed by atoms with van der Waals surface area (Å²) < 4.78 is 11.8. The molecular weight excluding hydrogens is 553 g/mol. The van der Waals surface area contributed by atoms with Gasteiger partial charge >= 0.3 is 6.09 Å². The van der Waals surface area contributed by atoms with Crippen LogP contribution in [0.5, 0.6) is 5.75 Å². The van der Waals surface area contributed by atoms with Crippen molar-refractivity contribution in [2.75, 3.05) is 11.9 Å². The summed E-state index contributed by atoms with van der Waals surface area (Å²) in [7, 11) is -2.23. The monoisotopic (exact) mass is 591 g/mol. The van der Waals surface area contributed by atoms with Crippen molar-refractivity contribution in [2.45, 2.75) is 94.8 Å². The Morgan fingerprint density at radius 1 is 1.05 bits per heavy atom. The highest BCUT2D eigenvalue weighted by molar-refractivity contribution is 6.78. The molecule has 0 aliphatic heterocycles. The first kappa shape index (κ1) is 31.8. The molecule has 0 saturated heterocycles. The zero-order chi connectivity index (χ0) is 28.3. The molecule has 2 N–H and O–H groups in total. The van der Waals surface area contributed by atoms with Gasteiger partial charge in [-0.1, -0.05) is 97.1 Å². The number of hydrogen-bond acceptors (Lipinski definition) is 5. The Balaban J connectivity index is 2.52. The van der Waals surface area contributed by atoms with Crippen LogP contribution in [0.15, 0.2) is 24.3 Å². The molecule has 0 radical (unpaired) electrons. The maximum atomic E-state index is 12.4. The SMILES string of the molecule is CC(C)[Si](Oc1ccc(-n2nc(C(C)(C)C)cc2NC(=O)OCC(Cl)(Cl)Cl)cc1CO)(C(C)C)C(C)C. The largest absolute Gasteiger partial charge is 0.542 e. The van der Waals surface area contributed by atoms with Crippen LogP contribution < -0.4 is 9.74 Å². The van der Waals surface area contributed by atoms with Gasteiger partial charge in [-0.25, -0.2) is 9.48 Å². The number of carbonyl (C=O) groups excluding carboxylic acids is 1. The second kappa shape index (κ2) is 12.2. The summed E-state index contributed by atoms with van der Waals surface area (Å²) >= 11 is 17.1. The van der Waals surface area contributed by atoms with E-state index >= 15 is 0 Å². The minimum absolute atomic E-state index is 0.205. The van der Waals surface area contributed by atoms with E-state index in [9.17, 15) is 9.90 Å². The summed E-state index contributed by atoms with van der Waals surface area (Å²) in [6.45, 7) is 18.8. The van der Waals surface area contributed by atoms with Crippen LogP contribution in [-0.2, 0) is 16.8 Å². The summed E-state index contributed by atoms with van der Waals surface area (Å²) in [5.74, 6) is 1.06. The second-order valence-corrected chi connectivity index (χ2v) is 19.2. The fourth-order valence-electron chi connectivity index (χ4n) is 4.79. The molecule has 2 rings (SSSR count). The Labute approximate surface area is 236 Å². The predicted molar refractivity (Wildman–Crippen MR) is 155 cm³/mol. The van der Waals surface area contributed by atoms with Gasteiger partial charge in [-0.05, 0) is 34.8 Å². The molecule has 2 aromatic rings. The lowest BCUT2D eigenvalue weighted by atomic mass is 9.92. The zero-order valence-corrected chi connectivity index (χ0v) is 26.4. The van der Waals surface area contributed by atoms with Gasteiger partial charge in [0.2, 0.25) is 3.79 Å². The van der Waals surface area contributed by atoms with Gasteiger partial charge in [0.05, 0.1) is 18.0 Å². The first-order chi connectivity index (χ1) is 16.9. The number of nitrogens with one attached hydrogen (secondary N) is 1. The molecule has 1 heterocycles. The van der Waals surface area contributed by atoms with Gasteiger partial charge in [0.15, 0.2) is 0 Å². The second-order valence-electron chi connectivity index (χ2n) is 11.3. The summed E-state index contributed by atoms with van der Waals surface area (Å²) in [4.78, 5) is 12.4. The number of benzene rings is 1. The molecule has 0 atom stereocenters. The molecule has 0 unspecified atom stereocenters. The number of aliphatic hydroxyl groups is 1. The van der Waals surface area contributed by atoms with E-state index in [2.05, 4.69) is 46.9 Å². The lowest BCUT2D eigenvalue weighted by Crippen LogP contribution is -2.50. The molecule has 37 heavy (non-hydrogen) atoms. The van der Waals surface area contributed by atoms with Gasteiger partial charge in [-0.3, -0.25) is 5.32 Å². The normalized spacial score (nSPS) is 13.0. The number of aromatic nitrogens is 2. The Morgan fingerprint density at radius 2 is 1.62 bits per heavy atom. The minimum Gasteiger partial charge on any atom is -0.542 e. The highest BCUT2D eigenvalue weighted by Crippen LogP contribution is 2.43. The number of rotatable bonds is 9. The molecule has 208 valence electrons. The maximum absolute atomic E-state index is 12.4. The van der Waals surface area contributed by atoms with Crippen molar-refractivity contribution < 1.29 is 19.1 Å². The summed E-state index contributed by atoms with van der Waals surface area (Å²) in [6.07, 6.45) is -0.781. The number of amides is 1. The van der Waals surface area contributed by atoms with Gasteiger partial charge in [-0.2, -0.15) is 5.10 Å². The zero-order valence-electron chi connectivity index (χ0n) is 23.2. The average Bonchev–Trinajstić information content (AvgIpc) is 3.19. The van der Waals surface area contributed by atoms with Crippen LogP contribution >= 0.6 is 34.8 Å². The highest BCUT2D eigenvalue weighted by Gasteiger charge is 2.47. The van der Waals surface area contributed by atoms with Crippen molar-refractivity contribution in [3.63, 3.8) is 0 Å². The van der Waals surface area contributed by atoms with E-state index in [1.54, 1.807) is 10.7 Å². The van der Waals surface area contributed by atoms with Crippen LogP contribution in [-0.4, -0.2) is 39.7 Å². The number of nitrogens with zero attached hydrogens (tertiary/aromatic N) is 2. The predicted octanol–water partition coefficient (Wildman–Crippen LogP) is 8.14. The van der Waals surface area contributed by atoms with Crippen LogP contribution in [0.1, 0.15) is 73.6 Å². The van der Waals surface area contributed by atoms with Gasteiger partial charge in [-0.15, -0.1) is 0 Å². The third-order valence-electron chi connectivity index (χ3n) is 6.53. The fourth-order valence-corrected chi connectivity index (χ4v) is 10.2. The van der Waals surface area contributed by atoms with E-state index in [1.165, 1.54) is 0 Å². The molecule has 1 amide bonds. The first-order valence-corrected chi connectivity index (χ1v) is 15.7. The van der Waals surface area contributed by atoms with Crippen molar-refractivity contribution in [3.8, 4) is 11.4 Å².